The highest BCUT2D eigenvalue weighted by Gasteiger charge is 2.35. The zero-order valence-corrected chi connectivity index (χ0v) is 15.7. The second kappa shape index (κ2) is 6.77. The molecular weight excluding hydrogens is 361 g/mol. The number of fused-ring (bicyclic) bond motifs is 1. The minimum atomic E-state index is -0.399. The summed E-state index contributed by atoms with van der Waals surface area (Å²) in [7, 11) is 1.61. The van der Waals surface area contributed by atoms with Gasteiger partial charge in [0.25, 0.3) is 5.91 Å². The first-order chi connectivity index (χ1) is 11.8. The van der Waals surface area contributed by atoms with Crippen LogP contribution in [0.1, 0.15) is 42.2 Å². The number of methoxy groups -OCH3 is 1. The smallest absolute Gasteiger partial charge is 0.253 e. The Kier molecular flexibility index (Phi) is 4.85. The number of benzene rings is 2. The highest BCUT2D eigenvalue weighted by atomic mass is 35.5. The molecule has 1 aliphatic rings. The lowest BCUT2D eigenvalue weighted by Gasteiger charge is -2.38. The van der Waals surface area contributed by atoms with Crippen LogP contribution in [-0.4, -0.2) is 18.6 Å². The maximum absolute atomic E-state index is 12.7. The predicted molar refractivity (Wildman–Crippen MR) is 99.0 cm³/mol. The molecule has 0 fully saturated rings. The summed E-state index contributed by atoms with van der Waals surface area (Å²) in [5.41, 5.74) is 0.875. The van der Waals surface area contributed by atoms with Gasteiger partial charge >= 0.3 is 0 Å². The maximum Gasteiger partial charge on any atom is 0.253 e. The molecule has 0 aliphatic carbocycles. The SMILES string of the molecule is COc1ccc2c(c1)[C@H](NC(=O)c1ccc(Cl)cc1Cl)CC(C)(C)O2. The van der Waals surface area contributed by atoms with E-state index in [1.807, 2.05) is 32.0 Å². The van der Waals surface area contributed by atoms with Crippen molar-refractivity contribution in [2.75, 3.05) is 7.11 Å². The van der Waals surface area contributed by atoms with Gasteiger partial charge in [-0.3, -0.25) is 4.79 Å². The molecule has 0 spiro atoms. The van der Waals surface area contributed by atoms with Gasteiger partial charge in [-0.1, -0.05) is 23.2 Å². The van der Waals surface area contributed by atoms with Crippen LogP contribution in [0.3, 0.4) is 0 Å². The van der Waals surface area contributed by atoms with Crippen LogP contribution >= 0.6 is 23.2 Å². The maximum atomic E-state index is 12.7. The number of ether oxygens (including phenoxy) is 2. The van der Waals surface area contributed by atoms with Crippen LogP contribution < -0.4 is 14.8 Å². The average Bonchev–Trinajstić information content (AvgIpc) is 2.53. The van der Waals surface area contributed by atoms with Crippen molar-refractivity contribution in [1.82, 2.24) is 5.32 Å². The fourth-order valence-electron chi connectivity index (χ4n) is 3.00. The predicted octanol–water partition coefficient (Wildman–Crippen LogP) is 5.03. The van der Waals surface area contributed by atoms with Crippen LogP contribution in [0.25, 0.3) is 0 Å². The molecule has 0 bridgehead atoms. The summed E-state index contributed by atoms with van der Waals surface area (Å²) in [6.45, 7) is 3.99. The normalized spacial score (nSPS) is 18.0. The molecule has 0 unspecified atom stereocenters. The third-order valence-corrected chi connectivity index (χ3v) is 4.70. The lowest BCUT2D eigenvalue weighted by atomic mass is 9.89. The Morgan fingerprint density at radius 2 is 2.00 bits per heavy atom. The van der Waals surface area contributed by atoms with Gasteiger partial charge in [-0.15, -0.1) is 0 Å². The van der Waals surface area contributed by atoms with E-state index in [-0.39, 0.29) is 11.9 Å². The van der Waals surface area contributed by atoms with Crippen molar-refractivity contribution in [3.63, 3.8) is 0 Å². The zero-order valence-electron chi connectivity index (χ0n) is 14.2. The summed E-state index contributed by atoms with van der Waals surface area (Å²) in [5.74, 6) is 1.20. The van der Waals surface area contributed by atoms with Gasteiger partial charge in [-0.05, 0) is 50.2 Å². The van der Waals surface area contributed by atoms with Gasteiger partial charge in [0.1, 0.15) is 17.1 Å². The molecule has 0 radical (unpaired) electrons. The number of nitrogens with one attached hydrogen (secondary N) is 1. The summed E-state index contributed by atoms with van der Waals surface area (Å²) < 4.78 is 11.3. The third kappa shape index (κ3) is 3.86. The van der Waals surface area contributed by atoms with Gasteiger partial charge in [0, 0.05) is 17.0 Å². The van der Waals surface area contributed by atoms with Crippen molar-refractivity contribution < 1.29 is 14.3 Å². The first kappa shape index (κ1) is 17.9. The molecular formula is C19H19Cl2NO3. The Balaban J connectivity index is 1.92. The summed E-state index contributed by atoms with van der Waals surface area (Å²) in [5, 5.41) is 3.87. The summed E-state index contributed by atoms with van der Waals surface area (Å²) in [6.07, 6.45) is 0.629. The molecule has 1 heterocycles. The molecule has 1 atom stereocenters. The number of halogens is 2. The Bertz CT molecular complexity index is 820. The van der Waals surface area contributed by atoms with Crippen LogP contribution in [0.5, 0.6) is 11.5 Å². The summed E-state index contributed by atoms with van der Waals surface area (Å²) in [6, 6.07) is 10.2. The largest absolute Gasteiger partial charge is 0.497 e. The second-order valence-electron chi connectivity index (χ2n) is 6.62. The second-order valence-corrected chi connectivity index (χ2v) is 7.46. The molecule has 132 valence electrons. The number of carbonyl (C=O) groups is 1. The van der Waals surface area contributed by atoms with E-state index in [2.05, 4.69) is 5.32 Å². The lowest BCUT2D eigenvalue weighted by Crippen LogP contribution is -2.41. The van der Waals surface area contributed by atoms with E-state index in [1.54, 1.807) is 25.3 Å². The fourth-order valence-corrected chi connectivity index (χ4v) is 3.49. The third-order valence-electron chi connectivity index (χ3n) is 4.16. The minimum absolute atomic E-state index is 0.215. The van der Waals surface area contributed by atoms with Crippen molar-refractivity contribution in [3.8, 4) is 11.5 Å². The Hall–Kier alpha value is -1.91. The summed E-state index contributed by atoms with van der Waals surface area (Å²) in [4.78, 5) is 12.7. The minimum Gasteiger partial charge on any atom is -0.497 e. The molecule has 4 nitrogen and oxygen atoms in total. The Labute approximate surface area is 157 Å². The van der Waals surface area contributed by atoms with Gasteiger partial charge < -0.3 is 14.8 Å². The highest BCUT2D eigenvalue weighted by molar-refractivity contribution is 6.36. The van der Waals surface area contributed by atoms with Crippen LogP contribution in [0.15, 0.2) is 36.4 Å². The molecule has 2 aromatic carbocycles. The standard InChI is InChI=1S/C19H19Cl2NO3/c1-19(2)10-16(14-9-12(24-3)5-7-17(14)25-19)22-18(23)13-6-4-11(20)8-15(13)21/h4-9,16H,10H2,1-3H3,(H,22,23)/t16-/m1/s1. The quantitative estimate of drug-likeness (QED) is 0.812. The summed E-state index contributed by atoms with van der Waals surface area (Å²) >= 11 is 12.1. The number of amides is 1. The molecule has 6 heteroatoms. The Morgan fingerprint density at radius 1 is 1.24 bits per heavy atom. The van der Waals surface area contributed by atoms with E-state index < -0.39 is 5.60 Å². The average molecular weight is 380 g/mol. The number of hydrogen-bond acceptors (Lipinski definition) is 3. The van der Waals surface area contributed by atoms with Crippen LogP contribution in [0.2, 0.25) is 10.0 Å². The van der Waals surface area contributed by atoms with Crippen molar-refractivity contribution in [3.05, 3.63) is 57.6 Å². The van der Waals surface area contributed by atoms with Crippen molar-refractivity contribution in [2.45, 2.75) is 31.9 Å². The van der Waals surface area contributed by atoms with E-state index >= 15 is 0 Å². The van der Waals surface area contributed by atoms with E-state index in [0.717, 1.165) is 11.3 Å². The number of rotatable bonds is 3. The molecule has 0 saturated carbocycles. The molecule has 1 amide bonds. The first-order valence-electron chi connectivity index (χ1n) is 7.92. The lowest BCUT2D eigenvalue weighted by molar-refractivity contribution is 0.0618. The topological polar surface area (TPSA) is 47.6 Å². The van der Waals surface area contributed by atoms with Gasteiger partial charge in [0.05, 0.1) is 23.7 Å². The van der Waals surface area contributed by atoms with Crippen molar-refractivity contribution in [1.29, 1.82) is 0 Å². The van der Waals surface area contributed by atoms with Gasteiger partial charge in [0.15, 0.2) is 0 Å². The fraction of sp³-hybridized carbons (Fsp3) is 0.316. The van der Waals surface area contributed by atoms with Crippen LogP contribution in [0, 0.1) is 0 Å². The molecule has 1 aliphatic heterocycles. The Morgan fingerprint density at radius 3 is 2.68 bits per heavy atom. The van der Waals surface area contributed by atoms with E-state index in [4.69, 9.17) is 32.7 Å². The van der Waals surface area contributed by atoms with Gasteiger partial charge in [-0.2, -0.15) is 0 Å². The molecule has 2 aromatic rings. The monoisotopic (exact) mass is 379 g/mol. The van der Waals surface area contributed by atoms with Gasteiger partial charge in [0.2, 0.25) is 0 Å². The van der Waals surface area contributed by atoms with Crippen LogP contribution in [-0.2, 0) is 0 Å². The first-order valence-corrected chi connectivity index (χ1v) is 8.67. The molecule has 3 rings (SSSR count). The van der Waals surface area contributed by atoms with Crippen molar-refractivity contribution >= 4 is 29.1 Å². The van der Waals surface area contributed by atoms with E-state index in [9.17, 15) is 4.79 Å². The number of hydrogen-bond donors (Lipinski definition) is 1. The molecule has 25 heavy (non-hydrogen) atoms. The highest BCUT2D eigenvalue weighted by Crippen LogP contribution is 2.41. The zero-order chi connectivity index (χ0) is 18.2. The molecule has 0 aromatic heterocycles. The molecule has 1 N–H and O–H groups in total. The van der Waals surface area contributed by atoms with E-state index in [1.165, 1.54) is 0 Å². The number of carbonyl (C=O) groups excluding carboxylic acids is 1. The molecule has 0 saturated heterocycles. The van der Waals surface area contributed by atoms with E-state index in [0.29, 0.717) is 27.8 Å². The van der Waals surface area contributed by atoms with Crippen LogP contribution in [0.4, 0.5) is 0 Å². The van der Waals surface area contributed by atoms with Crippen molar-refractivity contribution in [2.24, 2.45) is 0 Å². The van der Waals surface area contributed by atoms with Gasteiger partial charge in [-0.25, -0.2) is 0 Å².